The van der Waals surface area contributed by atoms with E-state index in [1.54, 1.807) is 0 Å². The molecule has 1 aliphatic heterocycles. The first-order valence-corrected chi connectivity index (χ1v) is 5.66. The summed E-state index contributed by atoms with van der Waals surface area (Å²) < 4.78 is 11.1. The first kappa shape index (κ1) is 9.67. The maximum atomic E-state index is 5.80. The summed E-state index contributed by atoms with van der Waals surface area (Å²) in [6, 6.07) is 14.4. The predicted octanol–water partition coefficient (Wildman–Crippen LogP) is 3.01. The maximum Gasteiger partial charge on any atom is 0.127 e. The number of benzene rings is 2. The highest BCUT2D eigenvalue weighted by atomic mass is 16.5. The first-order valence-electron chi connectivity index (χ1n) is 5.66. The second-order valence-corrected chi connectivity index (χ2v) is 4.07. The third kappa shape index (κ3) is 1.76. The standard InChI is InChI=1S/C14H14O2/c1-2-6-13-11(4-1)5-3-7-14(13)16-10-12-8-9-15-12/h1-7,12H,8-10H2. The number of rotatable bonds is 3. The van der Waals surface area contributed by atoms with Crippen LogP contribution in [0.5, 0.6) is 5.75 Å². The van der Waals surface area contributed by atoms with Crippen molar-refractivity contribution in [3.05, 3.63) is 42.5 Å². The summed E-state index contributed by atoms with van der Waals surface area (Å²) in [6.07, 6.45) is 1.41. The minimum absolute atomic E-state index is 0.291. The smallest absolute Gasteiger partial charge is 0.127 e. The van der Waals surface area contributed by atoms with E-state index in [9.17, 15) is 0 Å². The highest BCUT2D eigenvalue weighted by Gasteiger charge is 2.18. The van der Waals surface area contributed by atoms with Crippen LogP contribution in [0.3, 0.4) is 0 Å². The summed E-state index contributed by atoms with van der Waals surface area (Å²) in [4.78, 5) is 0. The molecule has 1 atom stereocenters. The van der Waals surface area contributed by atoms with Crippen LogP contribution >= 0.6 is 0 Å². The summed E-state index contributed by atoms with van der Waals surface area (Å²) in [6.45, 7) is 1.54. The Morgan fingerprint density at radius 2 is 1.94 bits per heavy atom. The zero-order chi connectivity index (χ0) is 10.8. The number of hydrogen-bond acceptors (Lipinski definition) is 2. The van der Waals surface area contributed by atoms with Gasteiger partial charge < -0.3 is 9.47 Å². The summed E-state index contributed by atoms with van der Waals surface area (Å²) in [7, 11) is 0. The topological polar surface area (TPSA) is 18.5 Å². The summed E-state index contributed by atoms with van der Waals surface area (Å²) >= 11 is 0. The molecule has 0 N–H and O–H groups in total. The SMILES string of the molecule is c1ccc2c(OCC3CCO3)cccc2c1. The Balaban J connectivity index is 1.84. The van der Waals surface area contributed by atoms with Crippen LogP contribution < -0.4 is 4.74 Å². The molecule has 82 valence electrons. The average molecular weight is 214 g/mol. The molecule has 2 heteroatoms. The molecular formula is C14H14O2. The predicted molar refractivity (Wildman–Crippen MR) is 63.8 cm³/mol. The third-order valence-corrected chi connectivity index (χ3v) is 2.97. The lowest BCUT2D eigenvalue weighted by Gasteiger charge is -2.26. The second kappa shape index (κ2) is 4.14. The molecule has 0 saturated carbocycles. The van der Waals surface area contributed by atoms with Crippen LogP contribution in [-0.2, 0) is 4.74 Å². The van der Waals surface area contributed by atoms with Crippen molar-refractivity contribution in [1.82, 2.24) is 0 Å². The van der Waals surface area contributed by atoms with Gasteiger partial charge >= 0.3 is 0 Å². The fraction of sp³-hybridized carbons (Fsp3) is 0.286. The maximum absolute atomic E-state index is 5.80. The van der Waals surface area contributed by atoms with Crippen molar-refractivity contribution >= 4 is 10.8 Å². The van der Waals surface area contributed by atoms with Gasteiger partial charge in [-0.05, 0) is 11.5 Å². The minimum atomic E-state index is 0.291. The van der Waals surface area contributed by atoms with Crippen LogP contribution in [-0.4, -0.2) is 19.3 Å². The molecule has 0 spiro atoms. The molecule has 1 unspecified atom stereocenters. The Hall–Kier alpha value is -1.54. The van der Waals surface area contributed by atoms with Crippen LogP contribution in [0.1, 0.15) is 6.42 Å². The van der Waals surface area contributed by atoms with Gasteiger partial charge in [0.1, 0.15) is 12.4 Å². The second-order valence-electron chi connectivity index (χ2n) is 4.07. The van der Waals surface area contributed by atoms with E-state index in [2.05, 4.69) is 18.2 Å². The van der Waals surface area contributed by atoms with Crippen molar-refractivity contribution in [3.63, 3.8) is 0 Å². The number of fused-ring (bicyclic) bond motifs is 1. The summed E-state index contributed by atoms with van der Waals surface area (Å²) in [5.41, 5.74) is 0. The Kier molecular flexibility index (Phi) is 2.50. The fourth-order valence-electron chi connectivity index (χ4n) is 1.92. The first-order chi connectivity index (χ1) is 7.93. The third-order valence-electron chi connectivity index (χ3n) is 2.97. The fourth-order valence-corrected chi connectivity index (χ4v) is 1.92. The van der Waals surface area contributed by atoms with Gasteiger partial charge in [-0.2, -0.15) is 0 Å². The highest BCUT2D eigenvalue weighted by molar-refractivity contribution is 5.88. The van der Waals surface area contributed by atoms with E-state index in [1.165, 1.54) is 10.8 Å². The Bertz CT molecular complexity index is 484. The molecule has 16 heavy (non-hydrogen) atoms. The molecule has 1 aliphatic rings. The zero-order valence-electron chi connectivity index (χ0n) is 9.06. The van der Waals surface area contributed by atoms with Gasteiger partial charge in [-0.1, -0.05) is 36.4 Å². The molecule has 2 aromatic carbocycles. The van der Waals surface area contributed by atoms with Crippen molar-refractivity contribution in [2.75, 3.05) is 13.2 Å². The van der Waals surface area contributed by atoms with Gasteiger partial charge in [0.05, 0.1) is 6.10 Å². The van der Waals surface area contributed by atoms with Gasteiger partial charge in [-0.15, -0.1) is 0 Å². The van der Waals surface area contributed by atoms with Gasteiger partial charge in [0, 0.05) is 18.4 Å². The van der Waals surface area contributed by atoms with Crippen molar-refractivity contribution < 1.29 is 9.47 Å². The van der Waals surface area contributed by atoms with Crippen molar-refractivity contribution in [2.45, 2.75) is 12.5 Å². The normalized spacial score (nSPS) is 19.4. The minimum Gasteiger partial charge on any atom is -0.490 e. The summed E-state index contributed by atoms with van der Waals surface area (Å²) in [5.74, 6) is 0.952. The molecular weight excluding hydrogens is 200 g/mol. The van der Waals surface area contributed by atoms with Crippen molar-refractivity contribution in [1.29, 1.82) is 0 Å². The van der Waals surface area contributed by atoms with Crippen LogP contribution in [0.15, 0.2) is 42.5 Å². The molecule has 3 rings (SSSR count). The van der Waals surface area contributed by atoms with E-state index in [0.717, 1.165) is 18.8 Å². The van der Waals surface area contributed by atoms with Crippen LogP contribution in [0.25, 0.3) is 10.8 Å². The largest absolute Gasteiger partial charge is 0.490 e. The molecule has 1 heterocycles. The van der Waals surface area contributed by atoms with Gasteiger partial charge in [0.15, 0.2) is 0 Å². The average Bonchev–Trinajstić information content (AvgIpc) is 2.27. The Labute approximate surface area is 94.8 Å². The van der Waals surface area contributed by atoms with E-state index < -0.39 is 0 Å². The van der Waals surface area contributed by atoms with E-state index in [4.69, 9.17) is 9.47 Å². The molecule has 1 fully saturated rings. The van der Waals surface area contributed by atoms with Crippen LogP contribution in [0, 0.1) is 0 Å². The highest BCUT2D eigenvalue weighted by Crippen LogP contribution is 2.26. The number of hydrogen-bond donors (Lipinski definition) is 0. The molecule has 0 bridgehead atoms. The molecule has 0 amide bonds. The molecule has 1 saturated heterocycles. The Morgan fingerprint density at radius 3 is 2.75 bits per heavy atom. The summed E-state index contributed by atoms with van der Waals surface area (Å²) in [5, 5.41) is 2.39. The molecule has 2 aromatic rings. The van der Waals surface area contributed by atoms with Crippen molar-refractivity contribution in [3.8, 4) is 5.75 Å². The van der Waals surface area contributed by atoms with Gasteiger partial charge in [0.2, 0.25) is 0 Å². The van der Waals surface area contributed by atoms with Crippen LogP contribution in [0.2, 0.25) is 0 Å². The van der Waals surface area contributed by atoms with E-state index >= 15 is 0 Å². The van der Waals surface area contributed by atoms with Gasteiger partial charge in [-0.3, -0.25) is 0 Å². The molecule has 0 aromatic heterocycles. The Morgan fingerprint density at radius 1 is 1.12 bits per heavy atom. The zero-order valence-corrected chi connectivity index (χ0v) is 9.06. The monoisotopic (exact) mass is 214 g/mol. The molecule has 0 radical (unpaired) electrons. The lowest BCUT2D eigenvalue weighted by Crippen LogP contribution is -2.32. The van der Waals surface area contributed by atoms with E-state index in [0.29, 0.717) is 12.7 Å². The number of ether oxygens (including phenoxy) is 2. The van der Waals surface area contributed by atoms with Crippen LogP contribution in [0.4, 0.5) is 0 Å². The van der Waals surface area contributed by atoms with Gasteiger partial charge in [-0.25, -0.2) is 0 Å². The molecule has 2 nitrogen and oxygen atoms in total. The van der Waals surface area contributed by atoms with E-state index in [1.807, 2.05) is 24.3 Å². The lowest BCUT2D eigenvalue weighted by molar-refractivity contribution is -0.0718. The van der Waals surface area contributed by atoms with Gasteiger partial charge in [0.25, 0.3) is 0 Å². The molecule has 0 aliphatic carbocycles. The van der Waals surface area contributed by atoms with E-state index in [-0.39, 0.29) is 0 Å². The lowest BCUT2D eigenvalue weighted by atomic mass is 10.1. The van der Waals surface area contributed by atoms with Crippen molar-refractivity contribution in [2.24, 2.45) is 0 Å². The quantitative estimate of drug-likeness (QED) is 0.782.